The third kappa shape index (κ3) is 3.99. The summed E-state index contributed by atoms with van der Waals surface area (Å²) in [5, 5.41) is -0.690. The molecule has 1 atom stereocenters. The zero-order valence-electron chi connectivity index (χ0n) is 12.1. The number of alkyl halides is 1. The quantitative estimate of drug-likeness (QED) is 0.789. The molecule has 0 bridgehead atoms. The van der Waals surface area contributed by atoms with Crippen molar-refractivity contribution in [1.29, 1.82) is 0 Å². The SMILES string of the molecule is COc1ccc(C(Cl)C(=O)N(C)Cc2ccccc2)cc1. The Morgan fingerprint density at radius 1 is 1.14 bits per heavy atom. The first-order valence-electron chi connectivity index (χ1n) is 6.68. The van der Waals surface area contributed by atoms with Gasteiger partial charge in [-0.15, -0.1) is 11.6 Å². The second kappa shape index (κ2) is 7.14. The number of halogens is 1. The molecule has 0 saturated heterocycles. The van der Waals surface area contributed by atoms with Crippen molar-refractivity contribution in [2.24, 2.45) is 0 Å². The number of amides is 1. The molecule has 0 aliphatic rings. The number of carbonyl (C=O) groups excluding carboxylic acids is 1. The molecule has 2 aromatic carbocycles. The molecule has 1 unspecified atom stereocenters. The van der Waals surface area contributed by atoms with Gasteiger partial charge in [0.15, 0.2) is 0 Å². The van der Waals surface area contributed by atoms with Crippen LogP contribution in [0.15, 0.2) is 54.6 Å². The van der Waals surface area contributed by atoms with Crippen molar-refractivity contribution in [3.63, 3.8) is 0 Å². The number of methoxy groups -OCH3 is 1. The summed E-state index contributed by atoms with van der Waals surface area (Å²) in [7, 11) is 3.36. The van der Waals surface area contributed by atoms with Gasteiger partial charge in [0.25, 0.3) is 0 Å². The molecule has 0 fully saturated rings. The van der Waals surface area contributed by atoms with Crippen LogP contribution in [0.4, 0.5) is 0 Å². The first-order chi connectivity index (χ1) is 10.1. The molecule has 2 rings (SSSR count). The van der Waals surface area contributed by atoms with Gasteiger partial charge in [0.1, 0.15) is 11.1 Å². The highest BCUT2D eigenvalue weighted by Gasteiger charge is 2.21. The summed E-state index contributed by atoms with van der Waals surface area (Å²) in [6, 6.07) is 17.1. The second-order valence-corrected chi connectivity index (χ2v) is 5.25. The molecule has 0 saturated carbocycles. The van der Waals surface area contributed by atoms with Crippen molar-refractivity contribution in [2.75, 3.05) is 14.2 Å². The fourth-order valence-electron chi connectivity index (χ4n) is 2.04. The molecule has 0 aliphatic carbocycles. The number of benzene rings is 2. The van der Waals surface area contributed by atoms with Gasteiger partial charge in [-0.1, -0.05) is 42.5 Å². The largest absolute Gasteiger partial charge is 0.497 e. The Morgan fingerprint density at radius 2 is 1.76 bits per heavy atom. The molecular weight excluding hydrogens is 286 g/mol. The number of carbonyl (C=O) groups is 1. The van der Waals surface area contributed by atoms with Gasteiger partial charge in [-0.2, -0.15) is 0 Å². The number of ether oxygens (including phenoxy) is 1. The molecule has 3 nitrogen and oxygen atoms in total. The lowest BCUT2D eigenvalue weighted by atomic mass is 10.1. The summed E-state index contributed by atoms with van der Waals surface area (Å²) in [5.41, 5.74) is 1.84. The maximum absolute atomic E-state index is 12.4. The minimum atomic E-state index is -0.690. The van der Waals surface area contributed by atoms with E-state index in [-0.39, 0.29) is 5.91 Å². The van der Waals surface area contributed by atoms with Gasteiger partial charge >= 0.3 is 0 Å². The number of hydrogen-bond donors (Lipinski definition) is 0. The fraction of sp³-hybridized carbons (Fsp3) is 0.235. The van der Waals surface area contributed by atoms with Crippen LogP contribution in [0.25, 0.3) is 0 Å². The average Bonchev–Trinajstić information content (AvgIpc) is 2.54. The maximum Gasteiger partial charge on any atom is 0.245 e. The lowest BCUT2D eigenvalue weighted by Gasteiger charge is -2.20. The minimum Gasteiger partial charge on any atom is -0.497 e. The Bertz CT molecular complexity index is 583. The lowest BCUT2D eigenvalue weighted by Crippen LogP contribution is -2.29. The minimum absolute atomic E-state index is 0.120. The molecule has 4 heteroatoms. The highest BCUT2D eigenvalue weighted by atomic mass is 35.5. The molecule has 2 aromatic rings. The van der Waals surface area contributed by atoms with Crippen LogP contribution in [0.3, 0.4) is 0 Å². The molecule has 110 valence electrons. The van der Waals surface area contributed by atoms with Crippen LogP contribution >= 0.6 is 11.6 Å². The van der Waals surface area contributed by atoms with Crippen molar-refractivity contribution in [3.05, 3.63) is 65.7 Å². The molecular formula is C17H18ClNO2. The Balaban J connectivity index is 2.03. The summed E-state index contributed by atoms with van der Waals surface area (Å²) in [6.07, 6.45) is 0. The van der Waals surface area contributed by atoms with E-state index in [1.54, 1.807) is 31.2 Å². The van der Waals surface area contributed by atoms with Gasteiger partial charge in [0.05, 0.1) is 7.11 Å². The first kappa shape index (κ1) is 15.4. The van der Waals surface area contributed by atoms with E-state index in [4.69, 9.17) is 16.3 Å². The van der Waals surface area contributed by atoms with Crippen LogP contribution < -0.4 is 4.74 Å². The van der Waals surface area contributed by atoms with E-state index < -0.39 is 5.38 Å². The Labute approximate surface area is 130 Å². The smallest absolute Gasteiger partial charge is 0.245 e. The summed E-state index contributed by atoms with van der Waals surface area (Å²) in [4.78, 5) is 14.0. The monoisotopic (exact) mass is 303 g/mol. The molecule has 0 aromatic heterocycles. The Morgan fingerprint density at radius 3 is 2.33 bits per heavy atom. The van der Waals surface area contributed by atoms with E-state index in [0.717, 1.165) is 16.9 Å². The highest BCUT2D eigenvalue weighted by molar-refractivity contribution is 6.30. The van der Waals surface area contributed by atoms with Crippen LogP contribution in [0.1, 0.15) is 16.5 Å². The van der Waals surface area contributed by atoms with E-state index in [2.05, 4.69) is 0 Å². The molecule has 1 amide bonds. The summed E-state index contributed by atoms with van der Waals surface area (Å²) in [6.45, 7) is 0.541. The van der Waals surface area contributed by atoms with E-state index in [0.29, 0.717) is 6.54 Å². The third-order valence-corrected chi connectivity index (χ3v) is 3.70. The maximum atomic E-state index is 12.4. The zero-order valence-corrected chi connectivity index (χ0v) is 12.9. The Kier molecular flexibility index (Phi) is 5.23. The van der Waals surface area contributed by atoms with E-state index >= 15 is 0 Å². The molecule has 0 aliphatic heterocycles. The summed E-state index contributed by atoms with van der Waals surface area (Å²) < 4.78 is 5.10. The van der Waals surface area contributed by atoms with Crippen LogP contribution in [0.5, 0.6) is 5.75 Å². The Hall–Kier alpha value is -2.00. The van der Waals surface area contributed by atoms with E-state index in [9.17, 15) is 4.79 Å². The molecule has 21 heavy (non-hydrogen) atoms. The molecule has 0 radical (unpaired) electrons. The number of likely N-dealkylation sites (N-methyl/N-ethyl adjacent to an activating group) is 1. The first-order valence-corrected chi connectivity index (χ1v) is 7.12. The number of hydrogen-bond acceptors (Lipinski definition) is 2. The van der Waals surface area contributed by atoms with Crippen molar-refractivity contribution >= 4 is 17.5 Å². The van der Waals surface area contributed by atoms with Crippen molar-refractivity contribution < 1.29 is 9.53 Å². The number of rotatable bonds is 5. The van der Waals surface area contributed by atoms with Crippen molar-refractivity contribution in [1.82, 2.24) is 4.90 Å². The highest BCUT2D eigenvalue weighted by Crippen LogP contribution is 2.25. The predicted molar refractivity (Wildman–Crippen MR) is 84.5 cm³/mol. The van der Waals surface area contributed by atoms with Gasteiger partial charge in [0, 0.05) is 13.6 Å². The standard InChI is InChI=1S/C17H18ClNO2/c1-19(12-13-6-4-3-5-7-13)17(20)16(18)14-8-10-15(21-2)11-9-14/h3-11,16H,12H2,1-2H3. The number of nitrogens with zero attached hydrogens (tertiary/aromatic N) is 1. The van der Waals surface area contributed by atoms with Gasteiger partial charge in [0.2, 0.25) is 5.91 Å². The molecule has 0 heterocycles. The van der Waals surface area contributed by atoms with Crippen LogP contribution in [-0.2, 0) is 11.3 Å². The third-order valence-electron chi connectivity index (χ3n) is 3.26. The predicted octanol–water partition coefficient (Wildman–Crippen LogP) is 3.63. The second-order valence-electron chi connectivity index (χ2n) is 4.82. The van der Waals surface area contributed by atoms with Crippen LogP contribution in [0.2, 0.25) is 0 Å². The zero-order chi connectivity index (χ0) is 15.2. The lowest BCUT2D eigenvalue weighted by molar-refractivity contribution is -0.130. The van der Waals surface area contributed by atoms with Gasteiger partial charge in [-0.25, -0.2) is 0 Å². The average molecular weight is 304 g/mol. The molecule has 0 spiro atoms. The van der Waals surface area contributed by atoms with E-state index in [1.165, 1.54) is 0 Å². The fourth-order valence-corrected chi connectivity index (χ4v) is 2.36. The van der Waals surface area contributed by atoms with Crippen LogP contribution in [0, 0.1) is 0 Å². The normalized spacial score (nSPS) is 11.8. The van der Waals surface area contributed by atoms with Gasteiger partial charge in [-0.05, 0) is 23.3 Å². The van der Waals surface area contributed by atoms with E-state index in [1.807, 2.05) is 42.5 Å². The molecule has 0 N–H and O–H groups in total. The summed E-state index contributed by atoms with van der Waals surface area (Å²) >= 11 is 6.28. The van der Waals surface area contributed by atoms with Crippen molar-refractivity contribution in [3.8, 4) is 5.75 Å². The topological polar surface area (TPSA) is 29.5 Å². The van der Waals surface area contributed by atoms with Gasteiger partial charge in [-0.3, -0.25) is 4.79 Å². The van der Waals surface area contributed by atoms with Gasteiger partial charge < -0.3 is 9.64 Å². The van der Waals surface area contributed by atoms with Crippen molar-refractivity contribution in [2.45, 2.75) is 11.9 Å². The summed E-state index contributed by atoms with van der Waals surface area (Å²) in [5.74, 6) is 0.624. The van der Waals surface area contributed by atoms with Crippen LogP contribution in [-0.4, -0.2) is 25.0 Å².